The van der Waals surface area contributed by atoms with Gasteiger partial charge in [0.25, 0.3) is 0 Å². The second-order valence-electron chi connectivity index (χ2n) is 13.2. The summed E-state index contributed by atoms with van der Waals surface area (Å²) in [4.78, 5) is 37.4. The van der Waals surface area contributed by atoms with E-state index >= 15 is 0 Å². The average molecular weight is 735 g/mol. The van der Waals surface area contributed by atoms with Crippen LogP contribution in [0.3, 0.4) is 0 Å². The number of hydrogen-bond acceptors (Lipinski definition) is 6. The molecular formula is C47H74O6. The molecule has 0 aliphatic rings. The van der Waals surface area contributed by atoms with Crippen LogP contribution in [0.1, 0.15) is 162 Å². The number of ether oxygens (including phenoxy) is 3. The van der Waals surface area contributed by atoms with Gasteiger partial charge in [-0.15, -0.1) is 0 Å². The molecule has 298 valence electrons. The fourth-order valence-electron chi connectivity index (χ4n) is 5.04. The first-order valence-corrected chi connectivity index (χ1v) is 20.8. The predicted octanol–water partition coefficient (Wildman–Crippen LogP) is 13.1. The minimum absolute atomic E-state index is 0.119. The number of carbonyl (C=O) groups excluding carboxylic acids is 3. The Morgan fingerprint density at radius 1 is 0.434 bits per heavy atom. The molecule has 0 amide bonds. The molecule has 0 rings (SSSR count). The van der Waals surface area contributed by atoms with Crippen LogP contribution >= 0.6 is 0 Å². The van der Waals surface area contributed by atoms with Crippen LogP contribution in [0.4, 0.5) is 0 Å². The number of unbranched alkanes of at least 4 members (excludes halogenated alkanes) is 10. The third-order valence-electron chi connectivity index (χ3n) is 8.11. The van der Waals surface area contributed by atoms with Crippen molar-refractivity contribution < 1.29 is 28.6 Å². The molecule has 0 aliphatic heterocycles. The smallest absolute Gasteiger partial charge is 0.309 e. The van der Waals surface area contributed by atoms with E-state index < -0.39 is 18.0 Å². The summed E-state index contributed by atoms with van der Waals surface area (Å²) in [6.45, 7) is 6.17. The summed E-state index contributed by atoms with van der Waals surface area (Å²) >= 11 is 0. The fourth-order valence-corrected chi connectivity index (χ4v) is 5.04. The summed E-state index contributed by atoms with van der Waals surface area (Å²) in [6, 6.07) is 0. The van der Waals surface area contributed by atoms with Gasteiger partial charge in [-0.05, 0) is 83.5 Å². The van der Waals surface area contributed by atoms with Crippen LogP contribution in [0.15, 0.2) is 97.2 Å². The lowest BCUT2D eigenvalue weighted by Crippen LogP contribution is -2.30. The van der Waals surface area contributed by atoms with Crippen LogP contribution in [-0.2, 0) is 28.6 Å². The maximum absolute atomic E-state index is 12.6. The van der Waals surface area contributed by atoms with Crippen molar-refractivity contribution in [1.82, 2.24) is 0 Å². The van der Waals surface area contributed by atoms with Crippen molar-refractivity contribution in [3.63, 3.8) is 0 Å². The van der Waals surface area contributed by atoms with Crippen molar-refractivity contribution >= 4 is 17.9 Å². The Bertz CT molecular complexity index is 1120. The highest BCUT2D eigenvalue weighted by Gasteiger charge is 2.19. The average Bonchev–Trinajstić information content (AvgIpc) is 3.15. The standard InChI is InChI=1S/C47H74O6/c1-4-7-10-13-16-19-21-22-23-24-26-28-31-34-37-40-46(49)52-43-44(42-51-45(48)39-36-33-30-27-18-15-12-9-6-3)53-47(50)41-38-35-32-29-25-20-17-14-11-8-5-2/h8-9,11-12,16-22,27,29,32-33,36,44H,4-7,10,13-15,23-26,28,30-31,34-35,37-43H2,1-3H3/b11-8-,12-9-,19-16-,20-17-,22-21-,27-18-,32-29-,36-33-. The first kappa shape index (κ1) is 49.3. The monoisotopic (exact) mass is 735 g/mol. The highest BCUT2D eigenvalue weighted by atomic mass is 16.6. The second-order valence-corrected chi connectivity index (χ2v) is 13.2. The Kier molecular flexibility index (Phi) is 38.2. The molecular weight excluding hydrogens is 661 g/mol. The van der Waals surface area contributed by atoms with Gasteiger partial charge >= 0.3 is 17.9 Å². The van der Waals surface area contributed by atoms with Gasteiger partial charge in [-0.3, -0.25) is 14.4 Å². The van der Waals surface area contributed by atoms with E-state index in [9.17, 15) is 14.4 Å². The third kappa shape index (κ3) is 39.4. The first-order chi connectivity index (χ1) is 26.0. The predicted molar refractivity (Wildman–Crippen MR) is 224 cm³/mol. The molecule has 0 bridgehead atoms. The molecule has 0 aliphatic carbocycles. The molecule has 0 aromatic carbocycles. The molecule has 53 heavy (non-hydrogen) atoms. The molecule has 0 saturated carbocycles. The molecule has 1 unspecified atom stereocenters. The van der Waals surface area contributed by atoms with Crippen LogP contribution in [0, 0.1) is 0 Å². The Labute approximate surface area is 324 Å². The maximum Gasteiger partial charge on any atom is 0.309 e. The molecule has 6 nitrogen and oxygen atoms in total. The minimum atomic E-state index is -0.841. The Balaban J connectivity index is 4.53. The molecule has 1 atom stereocenters. The lowest BCUT2D eigenvalue weighted by Gasteiger charge is -2.18. The number of carbonyl (C=O) groups is 3. The van der Waals surface area contributed by atoms with Gasteiger partial charge in [-0.2, -0.15) is 0 Å². The summed E-state index contributed by atoms with van der Waals surface area (Å²) in [5.41, 5.74) is 0. The van der Waals surface area contributed by atoms with Crippen molar-refractivity contribution in [1.29, 1.82) is 0 Å². The number of rotatable bonds is 35. The molecule has 0 saturated heterocycles. The highest BCUT2D eigenvalue weighted by Crippen LogP contribution is 2.11. The molecule has 0 radical (unpaired) electrons. The van der Waals surface area contributed by atoms with Crippen LogP contribution in [-0.4, -0.2) is 37.2 Å². The van der Waals surface area contributed by atoms with Gasteiger partial charge in [0, 0.05) is 12.8 Å². The number of hydrogen-bond donors (Lipinski definition) is 0. The van der Waals surface area contributed by atoms with Gasteiger partial charge in [0.2, 0.25) is 0 Å². The molecule has 6 heteroatoms. The zero-order valence-corrected chi connectivity index (χ0v) is 33.7. The van der Waals surface area contributed by atoms with Gasteiger partial charge in [0.1, 0.15) is 13.2 Å². The van der Waals surface area contributed by atoms with Gasteiger partial charge < -0.3 is 14.2 Å². The van der Waals surface area contributed by atoms with E-state index in [0.29, 0.717) is 12.8 Å². The highest BCUT2D eigenvalue weighted by molar-refractivity contribution is 5.72. The normalized spacial score (nSPS) is 13.0. The van der Waals surface area contributed by atoms with Crippen LogP contribution < -0.4 is 0 Å². The summed E-state index contributed by atoms with van der Waals surface area (Å²) in [5, 5.41) is 0. The van der Waals surface area contributed by atoms with Crippen molar-refractivity contribution in [2.45, 2.75) is 168 Å². The Hall–Kier alpha value is -3.67. The molecule has 0 aromatic rings. The van der Waals surface area contributed by atoms with Crippen molar-refractivity contribution in [2.24, 2.45) is 0 Å². The van der Waals surface area contributed by atoms with Crippen molar-refractivity contribution in [2.75, 3.05) is 13.2 Å². The van der Waals surface area contributed by atoms with E-state index in [-0.39, 0.29) is 32.0 Å². The Morgan fingerprint density at radius 3 is 1.47 bits per heavy atom. The van der Waals surface area contributed by atoms with E-state index in [2.05, 4.69) is 106 Å². The topological polar surface area (TPSA) is 78.9 Å². The van der Waals surface area contributed by atoms with Crippen LogP contribution in [0.5, 0.6) is 0 Å². The van der Waals surface area contributed by atoms with E-state index in [1.54, 1.807) is 6.08 Å². The Morgan fingerprint density at radius 2 is 0.887 bits per heavy atom. The van der Waals surface area contributed by atoms with E-state index in [1.165, 1.54) is 38.5 Å². The minimum Gasteiger partial charge on any atom is -0.462 e. The van der Waals surface area contributed by atoms with Crippen LogP contribution in [0.2, 0.25) is 0 Å². The van der Waals surface area contributed by atoms with Gasteiger partial charge in [0.05, 0.1) is 6.42 Å². The molecule has 0 N–H and O–H groups in total. The molecule has 0 fully saturated rings. The zero-order valence-electron chi connectivity index (χ0n) is 33.7. The zero-order chi connectivity index (χ0) is 38.7. The quantitative estimate of drug-likeness (QED) is 0.0212. The van der Waals surface area contributed by atoms with Gasteiger partial charge in [-0.25, -0.2) is 0 Å². The van der Waals surface area contributed by atoms with Gasteiger partial charge in [-0.1, -0.05) is 157 Å². The lowest BCUT2D eigenvalue weighted by molar-refractivity contribution is -0.166. The van der Waals surface area contributed by atoms with Crippen LogP contribution in [0.25, 0.3) is 0 Å². The number of allylic oxidation sites excluding steroid dienone is 15. The lowest BCUT2D eigenvalue weighted by atomic mass is 10.1. The van der Waals surface area contributed by atoms with E-state index in [1.807, 2.05) is 6.08 Å². The van der Waals surface area contributed by atoms with E-state index in [0.717, 1.165) is 77.0 Å². The van der Waals surface area contributed by atoms with Crippen molar-refractivity contribution in [3.05, 3.63) is 97.2 Å². The number of esters is 3. The van der Waals surface area contributed by atoms with Crippen molar-refractivity contribution in [3.8, 4) is 0 Å². The summed E-state index contributed by atoms with van der Waals surface area (Å²) in [5.74, 6) is -1.14. The van der Waals surface area contributed by atoms with Gasteiger partial charge in [0.15, 0.2) is 6.10 Å². The largest absolute Gasteiger partial charge is 0.462 e. The molecule has 0 aromatic heterocycles. The second kappa shape index (κ2) is 41.1. The van der Waals surface area contributed by atoms with E-state index in [4.69, 9.17) is 14.2 Å². The summed E-state index contributed by atoms with van der Waals surface area (Å²) < 4.78 is 16.5. The molecule has 0 spiro atoms. The summed E-state index contributed by atoms with van der Waals surface area (Å²) in [7, 11) is 0. The fraction of sp³-hybridized carbons (Fsp3) is 0.596. The summed E-state index contributed by atoms with van der Waals surface area (Å²) in [6.07, 6.45) is 52.9. The maximum atomic E-state index is 12.6. The molecule has 0 heterocycles. The first-order valence-electron chi connectivity index (χ1n) is 20.8. The SMILES string of the molecule is CC/C=C\C/C=C\C/C=C\CCCC(=O)OC(COC(=O)C/C=C\C/C=C\C/C=C\CC)COC(=O)CCCCCCCC/C=C\C=C/CCCCC. The third-order valence-corrected chi connectivity index (χ3v) is 8.11.